The normalized spacial score (nSPS) is 15.0. The first-order valence-electron chi connectivity index (χ1n) is 15.5. The minimum absolute atomic E-state index is 0.0628. The molecule has 0 amide bonds. The number of hydrogen-bond donors (Lipinski definition) is 0. The summed E-state index contributed by atoms with van der Waals surface area (Å²) in [6.45, 7) is 6.34. The fourth-order valence-corrected chi connectivity index (χ4v) is 8.06. The number of para-hydroxylation sites is 1. The number of ketones is 2. The smallest absolute Gasteiger partial charge is 0.230 e. The number of carbonyl (C=O) groups is 2. The van der Waals surface area contributed by atoms with Crippen molar-refractivity contribution < 1.29 is 14.0 Å². The van der Waals surface area contributed by atoms with Gasteiger partial charge < -0.3 is 4.42 Å². The summed E-state index contributed by atoms with van der Waals surface area (Å²) < 4.78 is 6.78. The van der Waals surface area contributed by atoms with Crippen LogP contribution in [0.1, 0.15) is 65.7 Å². The van der Waals surface area contributed by atoms with E-state index in [2.05, 4.69) is 111 Å². The Labute approximate surface area is 266 Å². The molecule has 1 aliphatic heterocycles. The van der Waals surface area contributed by atoms with E-state index in [1.807, 2.05) is 0 Å². The second-order valence-corrected chi connectivity index (χ2v) is 12.4. The third-order valence-corrected chi connectivity index (χ3v) is 9.72. The summed E-state index contributed by atoms with van der Waals surface area (Å²) in [7, 11) is 0. The van der Waals surface area contributed by atoms with Crippen LogP contribution in [0.2, 0.25) is 0 Å². The number of rotatable bonds is 2. The van der Waals surface area contributed by atoms with Crippen molar-refractivity contribution in [1.29, 1.82) is 0 Å². The molecule has 5 aromatic carbocycles. The minimum atomic E-state index is -0.783. The molecule has 5 heteroatoms. The first-order chi connectivity index (χ1) is 22.4. The lowest BCUT2D eigenvalue weighted by atomic mass is 9.67. The first kappa shape index (κ1) is 26.6. The molecule has 5 nitrogen and oxygen atoms in total. The van der Waals surface area contributed by atoms with Crippen molar-refractivity contribution >= 4 is 34.9 Å². The molecule has 3 aliphatic rings. The standard InChI is InChI=1S/C41H28N2O3/c1-23-20-24(2)36(25(3)21-23)43-34-19-11-10-18-33(34)41(31-16-8-6-12-26(31)27-13-7-9-17-32(27)41)39-40(43)46-35(42-39)22-30-37(44)28-14-4-5-15-29(28)38(30)45/h4-22H,1-3H3. The Morgan fingerprint density at radius 1 is 0.652 bits per heavy atom. The van der Waals surface area contributed by atoms with E-state index in [0.29, 0.717) is 17.0 Å². The molecule has 1 aromatic heterocycles. The number of allylic oxidation sites excluding steroid dienone is 1. The van der Waals surface area contributed by atoms with E-state index >= 15 is 0 Å². The fraction of sp³-hybridized carbons (Fsp3) is 0.0976. The molecule has 0 unspecified atom stereocenters. The zero-order valence-electron chi connectivity index (χ0n) is 25.6. The number of hydrogen-bond acceptors (Lipinski definition) is 5. The first-order valence-corrected chi connectivity index (χ1v) is 15.5. The summed E-state index contributed by atoms with van der Waals surface area (Å²) >= 11 is 0. The summed E-state index contributed by atoms with van der Waals surface area (Å²) in [5, 5.41) is 0. The van der Waals surface area contributed by atoms with Gasteiger partial charge in [-0.3, -0.25) is 14.5 Å². The lowest BCUT2D eigenvalue weighted by molar-refractivity contribution is 0.0990. The van der Waals surface area contributed by atoms with E-state index in [9.17, 15) is 9.59 Å². The Balaban J connectivity index is 1.38. The highest BCUT2D eigenvalue weighted by molar-refractivity contribution is 6.41. The largest absolute Gasteiger partial charge is 0.420 e. The molecule has 0 atom stereocenters. The lowest BCUT2D eigenvalue weighted by Crippen LogP contribution is -2.36. The third kappa shape index (κ3) is 3.32. The van der Waals surface area contributed by atoms with Crippen LogP contribution in [0.15, 0.2) is 119 Å². The molecule has 0 bridgehead atoms. The topological polar surface area (TPSA) is 63.4 Å². The van der Waals surface area contributed by atoms with Crippen molar-refractivity contribution in [2.45, 2.75) is 26.2 Å². The Bertz CT molecular complexity index is 2250. The zero-order valence-corrected chi connectivity index (χ0v) is 25.6. The average Bonchev–Trinajstić information content (AvgIpc) is 3.69. The Hall–Kier alpha value is -5.81. The number of oxazole rings is 1. The Morgan fingerprint density at radius 3 is 1.74 bits per heavy atom. The highest BCUT2D eigenvalue weighted by Crippen LogP contribution is 2.63. The van der Waals surface area contributed by atoms with Gasteiger partial charge in [0.05, 0.1) is 22.4 Å². The van der Waals surface area contributed by atoms with E-state index in [4.69, 9.17) is 9.40 Å². The van der Waals surface area contributed by atoms with Crippen molar-refractivity contribution in [1.82, 2.24) is 4.98 Å². The molecule has 0 saturated carbocycles. The number of carbonyl (C=O) groups excluding carboxylic acids is 2. The maximum Gasteiger partial charge on any atom is 0.230 e. The third-order valence-electron chi connectivity index (χ3n) is 9.72. The number of fused-ring (bicyclic) bond motifs is 10. The van der Waals surface area contributed by atoms with E-state index in [1.165, 1.54) is 11.6 Å². The summed E-state index contributed by atoms with van der Waals surface area (Å²) in [4.78, 5) is 34.3. The second kappa shape index (κ2) is 9.35. The van der Waals surface area contributed by atoms with Crippen LogP contribution in [0, 0.1) is 20.8 Å². The molecule has 9 rings (SSSR count). The predicted molar refractivity (Wildman–Crippen MR) is 179 cm³/mol. The van der Waals surface area contributed by atoms with Gasteiger partial charge in [-0.05, 0) is 65.8 Å². The SMILES string of the molecule is Cc1cc(C)c(N2c3ccccc3C3(c4ccccc4-c4ccccc43)c3nc(C=C4C(=O)c5ccccc5C4=O)oc32)c(C)c1. The van der Waals surface area contributed by atoms with Crippen LogP contribution in [-0.4, -0.2) is 16.6 Å². The van der Waals surface area contributed by atoms with Crippen LogP contribution in [0.25, 0.3) is 17.2 Å². The number of benzene rings is 5. The van der Waals surface area contributed by atoms with Crippen molar-refractivity contribution in [3.05, 3.63) is 171 Å². The van der Waals surface area contributed by atoms with Crippen molar-refractivity contribution in [3.63, 3.8) is 0 Å². The molecule has 0 fully saturated rings. The van der Waals surface area contributed by atoms with E-state index in [1.54, 1.807) is 24.3 Å². The molecule has 6 aromatic rings. The number of aromatic nitrogens is 1. The van der Waals surface area contributed by atoms with Crippen LogP contribution in [0.4, 0.5) is 17.3 Å². The molecular weight excluding hydrogens is 568 g/mol. The molecular formula is C41H28N2O3. The van der Waals surface area contributed by atoms with Gasteiger partial charge in [0.25, 0.3) is 0 Å². The van der Waals surface area contributed by atoms with Gasteiger partial charge in [0.15, 0.2) is 11.6 Å². The maximum atomic E-state index is 13.4. The molecule has 0 N–H and O–H groups in total. The van der Waals surface area contributed by atoms with Gasteiger partial charge in [-0.25, -0.2) is 4.98 Å². The van der Waals surface area contributed by atoms with Gasteiger partial charge in [-0.1, -0.05) is 109 Å². The lowest BCUT2D eigenvalue weighted by Gasteiger charge is -2.41. The highest BCUT2D eigenvalue weighted by atomic mass is 16.4. The molecule has 2 heterocycles. The van der Waals surface area contributed by atoms with E-state index in [0.717, 1.165) is 56.0 Å². The van der Waals surface area contributed by atoms with Gasteiger partial charge in [0, 0.05) is 17.2 Å². The van der Waals surface area contributed by atoms with E-state index < -0.39 is 5.41 Å². The number of aryl methyl sites for hydroxylation is 3. The molecule has 220 valence electrons. The quantitative estimate of drug-likeness (QED) is 0.147. The van der Waals surface area contributed by atoms with Crippen LogP contribution in [0.5, 0.6) is 0 Å². The van der Waals surface area contributed by atoms with Gasteiger partial charge >= 0.3 is 0 Å². The zero-order chi connectivity index (χ0) is 31.3. The Kier molecular flexibility index (Phi) is 5.40. The molecule has 0 saturated heterocycles. The number of Topliss-reactive ketones (excluding diaryl/α,β-unsaturated/α-hetero) is 2. The van der Waals surface area contributed by atoms with Crippen molar-refractivity contribution in [2.75, 3.05) is 4.90 Å². The summed E-state index contributed by atoms with van der Waals surface area (Å²) in [5.41, 5.74) is 11.9. The maximum absolute atomic E-state index is 13.4. The number of nitrogens with zero attached hydrogens (tertiary/aromatic N) is 2. The number of anilines is 3. The van der Waals surface area contributed by atoms with Gasteiger partial charge in [-0.2, -0.15) is 0 Å². The van der Waals surface area contributed by atoms with Crippen LogP contribution < -0.4 is 4.90 Å². The average molecular weight is 597 g/mol. The van der Waals surface area contributed by atoms with Crippen molar-refractivity contribution in [2.24, 2.45) is 0 Å². The molecule has 1 spiro atoms. The molecule has 46 heavy (non-hydrogen) atoms. The minimum Gasteiger partial charge on any atom is -0.420 e. The van der Waals surface area contributed by atoms with Crippen LogP contribution in [0.3, 0.4) is 0 Å². The van der Waals surface area contributed by atoms with Gasteiger partial charge in [0.2, 0.25) is 11.8 Å². The van der Waals surface area contributed by atoms with Crippen molar-refractivity contribution in [3.8, 4) is 11.1 Å². The van der Waals surface area contributed by atoms with Crippen LogP contribution >= 0.6 is 0 Å². The summed E-state index contributed by atoms with van der Waals surface area (Å²) in [6, 6.07) is 36.8. The fourth-order valence-electron chi connectivity index (χ4n) is 8.06. The Morgan fingerprint density at radius 2 is 1.15 bits per heavy atom. The van der Waals surface area contributed by atoms with Gasteiger partial charge in [-0.15, -0.1) is 0 Å². The van der Waals surface area contributed by atoms with E-state index in [-0.39, 0.29) is 23.0 Å². The second-order valence-electron chi connectivity index (χ2n) is 12.4. The molecule has 0 radical (unpaired) electrons. The predicted octanol–water partition coefficient (Wildman–Crippen LogP) is 9.21. The van der Waals surface area contributed by atoms with Crippen LogP contribution in [-0.2, 0) is 5.41 Å². The summed E-state index contributed by atoms with van der Waals surface area (Å²) in [6.07, 6.45) is 1.53. The monoisotopic (exact) mass is 596 g/mol. The summed E-state index contributed by atoms with van der Waals surface area (Å²) in [5.74, 6) is 0.167. The highest BCUT2D eigenvalue weighted by Gasteiger charge is 2.55. The molecule has 2 aliphatic carbocycles. The van der Waals surface area contributed by atoms with Gasteiger partial charge in [0.1, 0.15) is 5.69 Å².